The summed E-state index contributed by atoms with van der Waals surface area (Å²) in [5, 5.41) is 7.07. The number of rotatable bonds is 7. The molecule has 2 nitrogen and oxygen atoms in total. The van der Waals surface area contributed by atoms with Gasteiger partial charge in [-0.05, 0) is 121 Å². The van der Waals surface area contributed by atoms with Crippen molar-refractivity contribution in [1.29, 1.82) is 0 Å². The van der Waals surface area contributed by atoms with Crippen molar-refractivity contribution in [3.05, 3.63) is 248 Å². The van der Waals surface area contributed by atoms with E-state index < -0.39 is 0 Å². The van der Waals surface area contributed by atoms with Gasteiger partial charge in [-0.2, -0.15) is 0 Å². The molecule has 3 heteroatoms. The van der Waals surface area contributed by atoms with Crippen LogP contribution in [0.4, 0.5) is 17.1 Å². The Morgan fingerprint density at radius 3 is 1.77 bits per heavy atom. The lowest BCUT2D eigenvalue weighted by atomic mass is 9.81. The second kappa shape index (κ2) is 15.8. The maximum Gasteiger partial charge on any atom is 0.143 e. The number of hydrogen-bond acceptors (Lipinski definition) is 3. The molecule has 0 unspecified atom stereocenters. The molecule has 1 aliphatic rings. The van der Waals surface area contributed by atoms with E-state index in [0.29, 0.717) is 0 Å². The van der Waals surface area contributed by atoms with Gasteiger partial charge in [0, 0.05) is 58.7 Å². The highest BCUT2D eigenvalue weighted by Crippen LogP contribution is 2.51. The van der Waals surface area contributed by atoms with Gasteiger partial charge in [-0.15, -0.1) is 11.3 Å². The Kier molecular flexibility index (Phi) is 9.14. The highest BCUT2D eigenvalue weighted by atomic mass is 32.1. The van der Waals surface area contributed by atoms with Crippen molar-refractivity contribution in [3.63, 3.8) is 0 Å². The van der Waals surface area contributed by atoms with Crippen molar-refractivity contribution >= 4 is 81.3 Å². The molecule has 330 valence electrons. The Morgan fingerprint density at radius 1 is 0.371 bits per heavy atom. The highest BCUT2D eigenvalue weighted by Gasteiger charge is 2.35. The zero-order valence-electron chi connectivity index (χ0n) is 38.8. The number of hydrogen-bond donors (Lipinski definition) is 0. The topological polar surface area (TPSA) is 16.4 Å². The van der Waals surface area contributed by atoms with Gasteiger partial charge in [0.05, 0.1) is 5.69 Å². The summed E-state index contributed by atoms with van der Waals surface area (Å²) in [4.78, 5) is 2.43. The van der Waals surface area contributed by atoms with Crippen LogP contribution in [0, 0.1) is 0 Å². The van der Waals surface area contributed by atoms with Gasteiger partial charge in [-0.25, -0.2) is 0 Å². The summed E-state index contributed by atoms with van der Waals surface area (Å²) in [7, 11) is 0. The molecule has 0 aliphatic heterocycles. The minimum atomic E-state index is -0.0724. The van der Waals surface area contributed by atoms with Crippen molar-refractivity contribution in [1.82, 2.24) is 0 Å². The van der Waals surface area contributed by atoms with E-state index >= 15 is 0 Å². The predicted molar refractivity (Wildman–Crippen MR) is 298 cm³/mol. The summed E-state index contributed by atoms with van der Waals surface area (Å²) in [5.41, 5.74) is 19.7. The third kappa shape index (κ3) is 6.39. The lowest BCUT2D eigenvalue weighted by Crippen LogP contribution is -2.14. The van der Waals surface area contributed by atoms with Crippen LogP contribution in [-0.4, -0.2) is 0 Å². The van der Waals surface area contributed by atoms with Crippen molar-refractivity contribution in [2.24, 2.45) is 0 Å². The molecule has 0 fully saturated rings. The fourth-order valence-electron chi connectivity index (χ4n) is 11.3. The first-order valence-corrected chi connectivity index (χ1v) is 25.0. The molecule has 2 heterocycles. The van der Waals surface area contributed by atoms with Crippen LogP contribution >= 0.6 is 11.3 Å². The molecular weight excluding hydrogens is 867 g/mol. The van der Waals surface area contributed by atoms with Crippen LogP contribution in [0.25, 0.3) is 109 Å². The third-order valence-corrected chi connectivity index (χ3v) is 16.1. The number of fused-ring (bicyclic) bond motifs is 11. The largest absolute Gasteiger partial charge is 0.455 e. The Bertz CT molecular complexity index is 4180. The molecule has 0 spiro atoms. The van der Waals surface area contributed by atoms with Crippen LogP contribution in [0.1, 0.15) is 25.0 Å². The molecule has 0 bridgehead atoms. The Labute approximate surface area is 411 Å². The van der Waals surface area contributed by atoms with Crippen LogP contribution in [0.5, 0.6) is 0 Å². The van der Waals surface area contributed by atoms with Crippen molar-refractivity contribution in [2.45, 2.75) is 19.3 Å². The van der Waals surface area contributed by atoms with E-state index in [1.54, 1.807) is 0 Å². The summed E-state index contributed by atoms with van der Waals surface area (Å²) in [6.45, 7) is 4.70. The summed E-state index contributed by atoms with van der Waals surface area (Å²) < 4.78 is 9.55. The summed E-state index contributed by atoms with van der Waals surface area (Å²) in [5.74, 6) is 0. The molecule has 13 aromatic rings. The number of benzene rings is 11. The quantitative estimate of drug-likeness (QED) is 0.158. The minimum absolute atomic E-state index is 0.0724. The molecular formula is C67H45NOS. The van der Waals surface area contributed by atoms with Crippen LogP contribution in [0.15, 0.2) is 241 Å². The van der Waals surface area contributed by atoms with E-state index in [1.807, 2.05) is 11.3 Å². The molecule has 0 saturated heterocycles. The molecule has 1 aliphatic carbocycles. The van der Waals surface area contributed by atoms with E-state index in [-0.39, 0.29) is 5.41 Å². The zero-order valence-corrected chi connectivity index (χ0v) is 39.6. The highest BCUT2D eigenvalue weighted by molar-refractivity contribution is 7.26. The molecule has 0 N–H and O–H groups in total. The Morgan fingerprint density at radius 2 is 0.957 bits per heavy atom. The normalized spacial score (nSPS) is 12.8. The number of nitrogens with zero attached hydrogens (tertiary/aromatic N) is 1. The molecule has 11 aromatic carbocycles. The Balaban J connectivity index is 0.949. The van der Waals surface area contributed by atoms with Crippen LogP contribution < -0.4 is 4.90 Å². The number of thiophene rings is 1. The number of furan rings is 1. The van der Waals surface area contributed by atoms with Crippen LogP contribution in [-0.2, 0) is 5.41 Å². The smallest absolute Gasteiger partial charge is 0.143 e. The fraction of sp³-hybridized carbons (Fsp3) is 0.0448. The molecule has 0 saturated carbocycles. The van der Waals surface area contributed by atoms with Gasteiger partial charge < -0.3 is 9.32 Å². The molecule has 0 amide bonds. The average Bonchev–Trinajstić information content (AvgIpc) is 4.06. The van der Waals surface area contributed by atoms with Crippen LogP contribution in [0.2, 0.25) is 0 Å². The van der Waals surface area contributed by atoms with E-state index in [4.69, 9.17) is 4.42 Å². The van der Waals surface area contributed by atoms with E-state index in [9.17, 15) is 0 Å². The van der Waals surface area contributed by atoms with E-state index in [2.05, 4.69) is 255 Å². The van der Waals surface area contributed by atoms with Gasteiger partial charge in [-0.1, -0.05) is 196 Å². The predicted octanol–water partition coefficient (Wildman–Crippen LogP) is 19.6. The van der Waals surface area contributed by atoms with Gasteiger partial charge >= 0.3 is 0 Å². The van der Waals surface area contributed by atoms with Gasteiger partial charge in [0.15, 0.2) is 0 Å². The SMILES string of the molecule is CC1(C)c2ccccc2-c2ccc(-c3ccc(-c4cc5oc6c7ccccc7ccc6c5cc4N(c4ccc(-c5ccccc5)cc4)c4ccc(-c5cccc6c5sc5ccccc56)cc4)cc3)cc21. The second-order valence-corrected chi connectivity index (χ2v) is 20.3. The fourth-order valence-corrected chi connectivity index (χ4v) is 12.5. The molecule has 0 atom stereocenters. The molecule has 14 rings (SSSR count). The lowest BCUT2D eigenvalue weighted by molar-refractivity contribution is 0.660. The Hall–Kier alpha value is -8.50. The summed E-state index contributed by atoms with van der Waals surface area (Å²) in [6, 6.07) is 86.9. The van der Waals surface area contributed by atoms with Crippen molar-refractivity contribution in [2.75, 3.05) is 4.90 Å². The van der Waals surface area contributed by atoms with Gasteiger partial charge in [0.2, 0.25) is 0 Å². The first-order chi connectivity index (χ1) is 34.4. The summed E-state index contributed by atoms with van der Waals surface area (Å²) >= 11 is 1.87. The second-order valence-electron chi connectivity index (χ2n) is 19.2. The standard InChI is InChI=1S/C67H45NOS/c1-67(2)60-21-10-8-17-53(60)54-37-32-48(39-61(54)67)44-23-25-47(26-24-44)58-41-63-59(56-38-31-45-15-6-7-16-51(45)65(56)69-63)40-62(58)68(49-33-27-43(28-34-49)42-13-4-3-5-14-42)50-35-29-46(30-36-50)52-19-12-20-57-55-18-9-11-22-64(55)70-66(52)57/h3-41H,1-2H3. The monoisotopic (exact) mass is 911 g/mol. The number of anilines is 3. The van der Waals surface area contributed by atoms with E-state index in [1.165, 1.54) is 75.8 Å². The van der Waals surface area contributed by atoms with E-state index in [0.717, 1.165) is 60.9 Å². The third-order valence-electron chi connectivity index (χ3n) is 14.9. The first kappa shape index (κ1) is 40.6. The van der Waals surface area contributed by atoms with Crippen molar-refractivity contribution in [3.8, 4) is 55.6 Å². The first-order valence-electron chi connectivity index (χ1n) is 24.1. The zero-order chi connectivity index (χ0) is 46.5. The van der Waals surface area contributed by atoms with Crippen LogP contribution in [0.3, 0.4) is 0 Å². The average molecular weight is 912 g/mol. The molecule has 0 radical (unpaired) electrons. The lowest BCUT2D eigenvalue weighted by Gasteiger charge is -2.28. The van der Waals surface area contributed by atoms with Gasteiger partial charge in [-0.3, -0.25) is 0 Å². The minimum Gasteiger partial charge on any atom is -0.455 e. The van der Waals surface area contributed by atoms with Gasteiger partial charge in [0.1, 0.15) is 11.2 Å². The summed E-state index contributed by atoms with van der Waals surface area (Å²) in [6.07, 6.45) is 0. The molecule has 70 heavy (non-hydrogen) atoms. The van der Waals surface area contributed by atoms with Crippen molar-refractivity contribution < 1.29 is 4.42 Å². The maximum absolute atomic E-state index is 6.92. The molecule has 2 aromatic heterocycles. The van der Waals surface area contributed by atoms with Gasteiger partial charge in [0.25, 0.3) is 0 Å². The maximum atomic E-state index is 6.92.